The molecule has 0 saturated carbocycles. The van der Waals surface area contributed by atoms with Gasteiger partial charge in [0.2, 0.25) is 11.8 Å². The van der Waals surface area contributed by atoms with E-state index in [-0.39, 0.29) is 42.3 Å². The summed E-state index contributed by atoms with van der Waals surface area (Å²) in [4.78, 5) is 36.1. The van der Waals surface area contributed by atoms with Crippen LogP contribution in [0.2, 0.25) is 0 Å². The quantitative estimate of drug-likeness (QED) is 0.333. The van der Waals surface area contributed by atoms with Gasteiger partial charge in [-0.15, -0.1) is 0 Å². The van der Waals surface area contributed by atoms with Crippen LogP contribution in [0.4, 0.5) is 25.8 Å². The van der Waals surface area contributed by atoms with Crippen LogP contribution in [0.25, 0.3) is 0 Å². The Morgan fingerprint density at radius 2 is 1.85 bits per heavy atom. The van der Waals surface area contributed by atoms with E-state index in [0.717, 1.165) is 29.4 Å². The van der Waals surface area contributed by atoms with Crippen LogP contribution in [0, 0.1) is 27.7 Å². The lowest BCUT2D eigenvalue weighted by Gasteiger charge is -2.17. The Morgan fingerprint density at radius 1 is 1.18 bits per heavy atom. The Morgan fingerprint density at radius 3 is 2.45 bits per heavy atom. The van der Waals surface area contributed by atoms with E-state index in [1.807, 2.05) is 0 Å². The van der Waals surface area contributed by atoms with Crippen molar-refractivity contribution in [2.24, 2.45) is 5.92 Å². The van der Waals surface area contributed by atoms with Gasteiger partial charge in [0.15, 0.2) is 9.84 Å². The number of nitrogens with zero attached hydrogens (tertiary/aromatic N) is 2. The number of sulfone groups is 1. The average Bonchev–Trinajstić information content (AvgIpc) is 3.11. The number of nitrogens with one attached hydrogen (secondary N) is 2. The van der Waals surface area contributed by atoms with Gasteiger partial charge in [-0.3, -0.25) is 19.7 Å². The van der Waals surface area contributed by atoms with Crippen molar-refractivity contribution in [1.29, 1.82) is 0 Å². The first-order valence-corrected chi connectivity index (χ1v) is 11.6. The second-order valence-electron chi connectivity index (χ2n) is 7.46. The Bertz CT molecular complexity index is 1200. The summed E-state index contributed by atoms with van der Waals surface area (Å²) < 4.78 is 50.1. The number of hydrogen-bond acceptors (Lipinski definition) is 7. The van der Waals surface area contributed by atoms with Crippen molar-refractivity contribution < 1.29 is 31.7 Å². The first-order valence-electron chi connectivity index (χ1n) is 9.72. The molecule has 2 aromatic rings. The number of anilines is 2. The van der Waals surface area contributed by atoms with Gasteiger partial charge in [0.25, 0.3) is 5.69 Å². The molecule has 0 aliphatic carbocycles. The van der Waals surface area contributed by atoms with Gasteiger partial charge in [-0.05, 0) is 24.3 Å². The molecule has 1 heterocycles. The monoisotopic (exact) mass is 482 g/mol. The Hall–Kier alpha value is -3.61. The molecule has 0 radical (unpaired) electrons. The molecule has 1 fully saturated rings. The first kappa shape index (κ1) is 24.0. The predicted molar refractivity (Wildman–Crippen MR) is 115 cm³/mol. The summed E-state index contributed by atoms with van der Waals surface area (Å²) in [5.74, 6) is -3.30. The highest BCUT2D eigenvalue weighted by atomic mass is 32.2. The summed E-state index contributed by atoms with van der Waals surface area (Å²) in [5.41, 5.74) is -0.320. The molecule has 13 heteroatoms. The van der Waals surface area contributed by atoms with E-state index < -0.39 is 49.8 Å². The molecule has 1 aliphatic heterocycles. The Labute approximate surface area is 187 Å². The van der Waals surface area contributed by atoms with E-state index >= 15 is 0 Å². The number of rotatable bonds is 8. The number of carbonyl (C=O) groups is 2. The van der Waals surface area contributed by atoms with Crippen molar-refractivity contribution >= 4 is 38.7 Å². The minimum Gasteiger partial charge on any atom is -0.378 e. The van der Waals surface area contributed by atoms with Gasteiger partial charge < -0.3 is 15.5 Å². The molecule has 0 bridgehead atoms. The van der Waals surface area contributed by atoms with Gasteiger partial charge in [0.05, 0.1) is 15.7 Å². The Balaban J connectivity index is 1.56. The van der Waals surface area contributed by atoms with E-state index in [1.54, 1.807) is 0 Å². The minimum atomic E-state index is -3.62. The van der Waals surface area contributed by atoms with Crippen molar-refractivity contribution in [3.63, 3.8) is 0 Å². The van der Waals surface area contributed by atoms with Gasteiger partial charge in [-0.2, -0.15) is 0 Å². The number of amides is 2. The number of nitro groups is 1. The van der Waals surface area contributed by atoms with Crippen LogP contribution in [0.15, 0.2) is 41.3 Å². The second kappa shape index (κ2) is 9.48. The van der Waals surface area contributed by atoms with Gasteiger partial charge >= 0.3 is 0 Å². The zero-order valence-corrected chi connectivity index (χ0v) is 18.2. The van der Waals surface area contributed by atoms with Gasteiger partial charge in [-0.1, -0.05) is 0 Å². The summed E-state index contributed by atoms with van der Waals surface area (Å²) in [6, 6.07) is 6.14. The van der Waals surface area contributed by atoms with Crippen molar-refractivity contribution in [2.75, 3.05) is 36.1 Å². The fourth-order valence-electron chi connectivity index (χ4n) is 3.40. The standard InChI is InChI=1S/C20H20F2N4O6S/c1-33(31,32)16-2-3-17(18(10-16)26(29)30)23-4-5-24-20(28)12-6-19(27)25(11-12)15-8-13(21)7-14(22)9-15/h2-3,7-10,12,23H,4-6,11H2,1H3,(H,24,28). The van der Waals surface area contributed by atoms with E-state index in [1.165, 1.54) is 12.1 Å². The average molecular weight is 482 g/mol. The van der Waals surface area contributed by atoms with Crippen LogP contribution in [0.3, 0.4) is 0 Å². The third-order valence-electron chi connectivity index (χ3n) is 4.99. The van der Waals surface area contributed by atoms with Crippen LogP contribution in [-0.2, 0) is 19.4 Å². The van der Waals surface area contributed by atoms with Crippen molar-refractivity contribution in [1.82, 2.24) is 5.32 Å². The van der Waals surface area contributed by atoms with Gasteiger partial charge in [0.1, 0.15) is 17.3 Å². The zero-order chi connectivity index (χ0) is 24.3. The second-order valence-corrected chi connectivity index (χ2v) is 9.47. The third-order valence-corrected chi connectivity index (χ3v) is 6.10. The maximum atomic E-state index is 13.4. The molecule has 2 aromatic carbocycles. The molecule has 3 rings (SSSR count). The Kier molecular flexibility index (Phi) is 6.91. The van der Waals surface area contributed by atoms with Crippen LogP contribution in [0.1, 0.15) is 6.42 Å². The highest BCUT2D eigenvalue weighted by Crippen LogP contribution is 2.28. The topological polar surface area (TPSA) is 139 Å². The normalized spacial score (nSPS) is 16.0. The number of halogens is 2. The highest BCUT2D eigenvalue weighted by Gasteiger charge is 2.35. The molecule has 2 N–H and O–H groups in total. The van der Waals surface area contributed by atoms with Gasteiger partial charge in [0, 0.05) is 50.1 Å². The van der Waals surface area contributed by atoms with E-state index in [9.17, 15) is 36.9 Å². The van der Waals surface area contributed by atoms with E-state index in [4.69, 9.17) is 0 Å². The lowest BCUT2D eigenvalue weighted by Crippen LogP contribution is -2.35. The van der Waals surface area contributed by atoms with Crippen molar-refractivity contribution in [3.05, 3.63) is 58.1 Å². The number of hydrogen-bond donors (Lipinski definition) is 2. The molecule has 2 amide bonds. The molecule has 33 heavy (non-hydrogen) atoms. The highest BCUT2D eigenvalue weighted by molar-refractivity contribution is 7.90. The summed E-state index contributed by atoms with van der Waals surface area (Å²) in [6.45, 7) is 0.104. The zero-order valence-electron chi connectivity index (χ0n) is 17.4. The molecule has 0 spiro atoms. The third kappa shape index (κ3) is 5.80. The van der Waals surface area contributed by atoms with E-state index in [0.29, 0.717) is 6.07 Å². The molecule has 176 valence electrons. The largest absolute Gasteiger partial charge is 0.378 e. The molecular formula is C20H20F2N4O6S. The summed E-state index contributed by atoms with van der Waals surface area (Å²) in [5, 5.41) is 16.6. The molecular weight excluding hydrogens is 462 g/mol. The molecule has 1 saturated heterocycles. The lowest BCUT2D eigenvalue weighted by molar-refractivity contribution is -0.384. The SMILES string of the molecule is CS(=O)(=O)c1ccc(NCCNC(=O)C2CC(=O)N(c3cc(F)cc(F)c3)C2)c([N+](=O)[O-])c1. The van der Waals surface area contributed by atoms with Crippen molar-refractivity contribution in [2.45, 2.75) is 11.3 Å². The molecule has 1 atom stereocenters. The van der Waals surface area contributed by atoms with Crippen LogP contribution in [0.5, 0.6) is 0 Å². The van der Waals surface area contributed by atoms with Crippen LogP contribution in [-0.4, -0.2) is 51.0 Å². The number of carbonyl (C=O) groups excluding carboxylic acids is 2. The summed E-state index contributed by atoms with van der Waals surface area (Å²) in [6.07, 6.45) is 0.810. The predicted octanol–water partition coefficient (Wildman–Crippen LogP) is 1.86. The lowest BCUT2D eigenvalue weighted by atomic mass is 10.1. The molecule has 1 aliphatic rings. The fraction of sp³-hybridized carbons (Fsp3) is 0.300. The smallest absolute Gasteiger partial charge is 0.293 e. The number of benzene rings is 2. The van der Waals surface area contributed by atoms with E-state index in [2.05, 4.69) is 10.6 Å². The first-order chi connectivity index (χ1) is 15.5. The maximum absolute atomic E-state index is 13.4. The summed E-state index contributed by atoms with van der Waals surface area (Å²) in [7, 11) is -3.62. The van der Waals surface area contributed by atoms with Gasteiger partial charge in [-0.25, -0.2) is 17.2 Å². The van der Waals surface area contributed by atoms with Crippen molar-refractivity contribution in [3.8, 4) is 0 Å². The number of nitro benzene ring substituents is 1. The minimum absolute atomic E-state index is 0.0271. The van der Waals surface area contributed by atoms with Crippen LogP contribution < -0.4 is 15.5 Å². The molecule has 10 nitrogen and oxygen atoms in total. The molecule has 0 aromatic heterocycles. The molecule has 1 unspecified atom stereocenters. The fourth-order valence-corrected chi connectivity index (χ4v) is 4.04. The summed E-state index contributed by atoms with van der Waals surface area (Å²) >= 11 is 0. The maximum Gasteiger partial charge on any atom is 0.293 e. The van der Waals surface area contributed by atoms with Crippen LogP contribution >= 0.6 is 0 Å².